The van der Waals surface area contributed by atoms with Crippen molar-refractivity contribution in [2.24, 2.45) is 5.92 Å². The van der Waals surface area contributed by atoms with Crippen LogP contribution in [0.5, 0.6) is 0 Å². The van der Waals surface area contributed by atoms with Crippen LogP contribution in [0.25, 0.3) is 0 Å². The molecule has 1 heterocycles. The maximum absolute atomic E-state index is 12.2. The molecule has 3 nitrogen and oxygen atoms in total. The minimum Gasteiger partial charge on any atom is -0.382 e. The van der Waals surface area contributed by atoms with Crippen LogP contribution >= 0.6 is 15.9 Å². The number of pyridine rings is 1. The Morgan fingerprint density at radius 3 is 2.72 bits per heavy atom. The van der Waals surface area contributed by atoms with E-state index in [1.807, 2.05) is 12.1 Å². The van der Waals surface area contributed by atoms with Crippen molar-refractivity contribution in [3.8, 4) is 0 Å². The van der Waals surface area contributed by atoms with Gasteiger partial charge in [0.25, 0.3) is 0 Å². The van der Waals surface area contributed by atoms with Crippen molar-refractivity contribution in [2.75, 3.05) is 0 Å². The van der Waals surface area contributed by atoms with Crippen molar-refractivity contribution in [3.63, 3.8) is 0 Å². The number of aliphatic hydroxyl groups is 1. The molecule has 0 amide bonds. The summed E-state index contributed by atoms with van der Waals surface area (Å²) >= 11 is 3.31. The monoisotopic (exact) mass is 311 g/mol. The predicted octanol–water partition coefficient (Wildman–Crippen LogP) is 2.90. The van der Waals surface area contributed by atoms with Crippen molar-refractivity contribution in [2.45, 2.75) is 44.6 Å². The smallest absolute Gasteiger partial charge is 0.170 e. The summed E-state index contributed by atoms with van der Waals surface area (Å²) in [6.45, 7) is 2.17. The lowest BCUT2D eigenvalue weighted by molar-refractivity contribution is -0.140. The van der Waals surface area contributed by atoms with Crippen LogP contribution < -0.4 is 0 Å². The Morgan fingerprint density at radius 1 is 1.50 bits per heavy atom. The zero-order valence-electron chi connectivity index (χ0n) is 10.5. The zero-order chi connectivity index (χ0) is 13.2. The molecule has 98 valence electrons. The highest BCUT2D eigenvalue weighted by molar-refractivity contribution is 9.10. The molecule has 4 heteroatoms. The summed E-state index contributed by atoms with van der Waals surface area (Å²) in [4.78, 5) is 16.4. The maximum Gasteiger partial charge on any atom is 0.170 e. The van der Waals surface area contributed by atoms with Gasteiger partial charge < -0.3 is 5.11 Å². The van der Waals surface area contributed by atoms with Gasteiger partial charge in [0.2, 0.25) is 0 Å². The molecule has 0 bridgehead atoms. The Morgan fingerprint density at radius 2 is 2.17 bits per heavy atom. The van der Waals surface area contributed by atoms with E-state index in [1.54, 1.807) is 6.20 Å². The standard InChI is InChI=1S/C14H18BrNO2/c1-10-4-6-14(18,7-5-10)13(17)8-12-3-2-11(15)9-16-12/h2-3,9-10,18H,4-8H2,1H3. The van der Waals surface area contributed by atoms with E-state index in [9.17, 15) is 9.90 Å². The molecule has 2 rings (SSSR count). The Kier molecular flexibility index (Phi) is 4.17. The third kappa shape index (κ3) is 3.18. The van der Waals surface area contributed by atoms with Crippen molar-refractivity contribution >= 4 is 21.7 Å². The fourth-order valence-corrected chi connectivity index (χ4v) is 2.59. The summed E-state index contributed by atoms with van der Waals surface area (Å²) in [5.74, 6) is 0.521. The van der Waals surface area contributed by atoms with E-state index in [0.29, 0.717) is 18.8 Å². The lowest BCUT2D eigenvalue weighted by atomic mass is 9.76. The average Bonchev–Trinajstić information content (AvgIpc) is 2.36. The van der Waals surface area contributed by atoms with E-state index in [1.165, 1.54) is 0 Å². The number of carbonyl (C=O) groups is 1. The van der Waals surface area contributed by atoms with E-state index in [4.69, 9.17) is 0 Å². The molecule has 18 heavy (non-hydrogen) atoms. The lowest BCUT2D eigenvalue weighted by Gasteiger charge is -2.33. The largest absolute Gasteiger partial charge is 0.382 e. The van der Waals surface area contributed by atoms with Gasteiger partial charge in [0.05, 0.1) is 6.42 Å². The average molecular weight is 312 g/mol. The highest BCUT2D eigenvalue weighted by atomic mass is 79.9. The van der Waals surface area contributed by atoms with Gasteiger partial charge in [-0.15, -0.1) is 0 Å². The van der Waals surface area contributed by atoms with Crippen LogP contribution in [0.15, 0.2) is 22.8 Å². The molecule has 1 aliphatic rings. The molecule has 1 aromatic heterocycles. The molecule has 0 unspecified atom stereocenters. The normalized spacial score (nSPS) is 28.1. The van der Waals surface area contributed by atoms with Crippen LogP contribution in [0.3, 0.4) is 0 Å². The SMILES string of the molecule is CC1CCC(O)(C(=O)Cc2ccc(Br)cn2)CC1. The first-order valence-electron chi connectivity index (χ1n) is 6.36. The Bertz CT molecular complexity index is 422. The van der Waals surface area contributed by atoms with Crippen molar-refractivity contribution in [3.05, 3.63) is 28.5 Å². The summed E-state index contributed by atoms with van der Waals surface area (Å²) < 4.78 is 0.893. The molecular weight excluding hydrogens is 294 g/mol. The van der Waals surface area contributed by atoms with Crippen LogP contribution in [-0.4, -0.2) is 21.5 Å². The quantitative estimate of drug-likeness (QED) is 0.933. The fraction of sp³-hybridized carbons (Fsp3) is 0.571. The maximum atomic E-state index is 12.2. The molecule has 1 N–H and O–H groups in total. The first-order valence-corrected chi connectivity index (χ1v) is 7.15. The fourth-order valence-electron chi connectivity index (χ4n) is 2.36. The van der Waals surface area contributed by atoms with Crippen molar-refractivity contribution in [1.82, 2.24) is 4.98 Å². The molecule has 0 aliphatic heterocycles. The van der Waals surface area contributed by atoms with E-state index < -0.39 is 5.60 Å². The Balaban J connectivity index is 2.01. The summed E-state index contributed by atoms with van der Waals surface area (Å²) in [5, 5.41) is 10.4. The molecular formula is C14H18BrNO2. The highest BCUT2D eigenvalue weighted by Gasteiger charge is 2.38. The van der Waals surface area contributed by atoms with Crippen LogP contribution in [-0.2, 0) is 11.2 Å². The van der Waals surface area contributed by atoms with Gasteiger partial charge in [-0.25, -0.2) is 0 Å². The molecule has 1 fully saturated rings. The summed E-state index contributed by atoms with van der Waals surface area (Å²) in [7, 11) is 0. The van der Waals surface area contributed by atoms with E-state index in [-0.39, 0.29) is 12.2 Å². The minimum atomic E-state index is -1.12. The number of Topliss-reactive ketones (excluding diaryl/α,β-unsaturated/α-hetero) is 1. The second-order valence-electron chi connectivity index (χ2n) is 5.28. The number of carbonyl (C=O) groups excluding carboxylic acids is 1. The number of hydrogen-bond acceptors (Lipinski definition) is 3. The molecule has 0 spiro atoms. The number of halogens is 1. The third-order valence-corrected chi connectivity index (χ3v) is 4.22. The molecule has 0 radical (unpaired) electrons. The number of rotatable bonds is 3. The van der Waals surface area contributed by atoms with Gasteiger partial charge in [-0.3, -0.25) is 9.78 Å². The first kappa shape index (κ1) is 13.7. The van der Waals surface area contributed by atoms with Crippen molar-refractivity contribution in [1.29, 1.82) is 0 Å². The van der Waals surface area contributed by atoms with E-state index in [2.05, 4.69) is 27.8 Å². The minimum absolute atomic E-state index is 0.0933. The summed E-state index contributed by atoms with van der Waals surface area (Å²) in [6.07, 6.45) is 4.92. The number of nitrogens with zero attached hydrogens (tertiary/aromatic N) is 1. The van der Waals surface area contributed by atoms with Gasteiger partial charge in [0.1, 0.15) is 5.60 Å². The third-order valence-electron chi connectivity index (χ3n) is 3.75. The second-order valence-corrected chi connectivity index (χ2v) is 6.20. The second kappa shape index (κ2) is 5.49. The van der Waals surface area contributed by atoms with Crippen LogP contribution in [0, 0.1) is 5.92 Å². The van der Waals surface area contributed by atoms with Gasteiger partial charge in [0.15, 0.2) is 5.78 Å². The van der Waals surface area contributed by atoms with Gasteiger partial charge in [-0.05, 0) is 59.7 Å². The molecule has 0 saturated heterocycles. The highest BCUT2D eigenvalue weighted by Crippen LogP contribution is 2.33. The topological polar surface area (TPSA) is 50.2 Å². The van der Waals surface area contributed by atoms with Crippen molar-refractivity contribution < 1.29 is 9.90 Å². The zero-order valence-corrected chi connectivity index (χ0v) is 12.1. The molecule has 1 saturated carbocycles. The summed E-state index contributed by atoms with van der Waals surface area (Å²) in [6, 6.07) is 3.68. The molecule has 1 aliphatic carbocycles. The number of ketones is 1. The first-order chi connectivity index (χ1) is 8.49. The number of hydrogen-bond donors (Lipinski definition) is 1. The van der Waals surface area contributed by atoms with E-state index >= 15 is 0 Å². The van der Waals surface area contributed by atoms with Gasteiger partial charge in [-0.1, -0.05) is 6.92 Å². The van der Waals surface area contributed by atoms with Crippen LogP contribution in [0.2, 0.25) is 0 Å². The van der Waals surface area contributed by atoms with Crippen LogP contribution in [0.4, 0.5) is 0 Å². The Labute approximate surface area is 116 Å². The van der Waals surface area contributed by atoms with Crippen LogP contribution in [0.1, 0.15) is 38.3 Å². The number of aromatic nitrogens is 1. The predicted molar refractivity (Wildman–Crippen MR) is 73.2 cm³/mol. The Hall–Kier alpha value is -0.740. The van der Waals surface area contributed by atoms with Gasteiger partial charge >= 0.3 is 0 Å². The van der Waals surface area contributed by atoms with E-state index in [0.717, 1.165) is 23.0 Å². The molecule has 0 aromatic carbocycles. The molecule has 0 atom stereocenters. The lowest BCUT2D eigenvalue weighted by Crippen LogP contribution is -2.42. The van der Waals surface area contributed by atoms with Gasteiger partial charge in [-0.2, -0.15) is 0 Å². The van der Waals surface area contributed by atoms with Gasteiger partial charge in [0, 0.05) is 16.4 Å². The summed E-state index contributed by atoms with van der Waals surface area (Å²) in [5.41, 5.74) is -0.406. The molecule has 1 aromatic rings.